The smallest absolute Gasteiger partial charge is 0.266 e. The van der Waals surface area contributed by atoms with E-state index in [1.165, 1.54) is 17.3 Å². The molecule has 0 N–H and O–H groups in total. The largest absolute Gasteiger partial charge is 0.495 e. The first kappa shape index (κ1) is 18.0. The number of carbonyl (C=O) groups excluding carboxylic acids is 1. The first-order valence-corrected chi connectivity index (χ1v) is 9.22. The van der Waals surface area contributed by atoms with E-state index < -0.39 is 0 Å². The van der Waals surface area contributed by atoms with Gasteiger partial charge < -0.3 is 4.74 Å². The summed E-state index contributed by atoms with van der Waals surface area (Å²) in [6, 6.07) is 13.5. The van der Waals surface area contributed by atoms with Gasteiger partial charge in [-0.25, -0.2) is 0 Å². The zero-order chi connectivity index (χ0) is 18.0. The van der Waals surface area contributed by atoms with E-state index in [1.807, 2.05) is 37.3 Å². The molecule has 3 nitrogen and oxygen atoms in total. The summed E-state index contributed by atoms with van der Waals surface area (Å²) in [7, 11) is 1.57. The molecule has 0 unspecified atom stereocenters. The van der Waals surface area contributed by atoms with Crippen molar-refractivity contribution in [2.24, 2.45) is 0 Å². The zero-order valence-electron chi connectivity index (χ0n) is 13.8. The molecule has 1 saturated heterocycles. The van der Waals surface area contributed by atoms with Gasteiger partial charge in [-0.15, -0.1) is 0 Å². The highest BCUT2D eigenvalue weighted by Crippen LogP contribution is 2.34. The Morgan fingerprint density at radius 1 is 1.24 bits per heavy atom. The summed E-state index contributed by atoms with van der Waals surface area (Å²) in [6.45, 7) is 2.51. The molecule has 0 bridgehead atoms. The molecule has 1 aliphatic heterocycles. The Labute approximate surface area is 161 Å². The molecule has 1 amide bonds. The lowest BCUT2D eigenvalue weighted by molar-refractivity contribution is -0.122. The molecule has 6 heteroatoms. The summed E-state index contributed by atoms with van der Waals surface area (Å²) in [4.78, 5) is 14.9. The van der Waals surface area contributed by atoms with Gasteiger partial charge in [-0.3, -0.25) is 9.69 Å². The predicted octanol–water partition coefficient (Wildman–Crippen LogP) is 5.06. The molecule has 1 heterocycles. The standard InChI is InChI=1S/C19H16ClNO2S2/c1-12-3-5-13(6-4-12)11-21-18(22)17(25-19(21)24)10-14-7-8-16(23-2)15(20)9-14/h3-10H,11H2,1-2H3/b17-10-. The highest BCUT2D eigenvalue weighted by atomic mass is 35.5. The monoisotopic (exact) mass is 389 g/mol. The van der Waals surface area contributed by atoms with E-state index in [0.29, 0.717) is 26.5 Å². The lowest BCUT2D eigenvalue weighted by Gasteiger charge is -2.14. The van der Waals surface area contributed by atoms with Crippen molar-refractivity contribution in [1.82, 2.24) is 4.90 Å². The molecule has 0 aromatic heterocycles. The molecule has 0 aliphatic carbocycles. The Morgan fingerprint density at radius 2 is 1.96 bits per heavy atom. The summed E-state index contributed by atoms with van der Waals surface area (Å²) in [5.41, 5.74) is 3.07. The summed E-state index contributed by atoms with van der Waals surface area (Å²) < 4.78 is 5.71. The molecule has 0 atom stereocenters. The number of ether oxygens (including phenoxy) is 1. The van der Waals surface area contributed by atoms with Crippen LogP contribution in [0.3, 0.4) is 0 Å². The van der Waals surface area contributed by atoms with Crippen molar-refractivity contribution in [3.05, 3.63) is 69.1 Å². The topological polar surface area (TPSA) is 29.5 Å². The Balaban J connectivity index is 1.80. The number of hydrogen-bond acceptors (Lipinski definition) is 4. The van der Waals surface area contributed by atoms with Crippen LogP contribution < -0.4 is 4.74 Å². The van der Waals surface area contributed by atoms with Gasteiger partial charge in [0.05, 0.1) is 23.6 Å². The Kier molecular flexibility index (Phi) is 5.47. The summed E-state index contributed by atoms with van der Waals surface area (Å²) in [5.74, 6) is 0.522. The van der Waals surface area contributed by atoms with E-state index in [4.69, 9.17) is 28.6 Å². The van der Waals surface area contributed by atoms with Gasteiger partial charge >= 0.3 is 0 Å². The Hall–Kier alpha value is -1.82. The quantitative estimate of drug-likeness (QED) is 0.540. The van der Waals surface area contributed by atoms with E-state index in [0.717, 1.165) is 11.1 Å². The second-order valence-electron chi connectivity index (χ2n) is 5.65. The van der Waals surface area contributed by atoms with Crippen molar-refractivity contribution in [2.45, 2.75) is 13.5 Å². The number of hydrogen-bond donors (Lipinski definition) is 0. The van der Waals surface area contributed by atoms with Gasteiger partial charge in [0.1, 0.15) is 10.1 Å². The van der Waals surface area contributed by atoms with Crippen LogP contribution in [0, 0.1) is 6.92 Å². The minimum absolute atomic E-state index is 0.0810. The maximum absolute atomic E-state index is 12.7. The maximum Gasteiger partial charge on any atom is 0.266 e. The van der Waals surface area contributed by atoms with Gasteiger partial charge in [0.15, 0.2) is 0 Å². The fourth-order valence-corrected chi connectivity index (χ4v) is 3.96. The second-order valence-corrected chi connectivity index (χ2v) is 7.73. The van der Waals surface area contributed by atoms with Crippen LogP contribution in [0.2, 0.25) is 5.02 Å². The molecule has 3 rings (SSSR count). The molecule has 1 fully saturated rings. The van der Waals surface area contributed by atoms with E-state index in [1.54, 1.807) is 30.2 Å². The molecular formula is C19H16ClNO2S2. The average Bonchev–Trinajstić information content (AvgIpc) is 2.84. The molecule has 0 saturated carbocycles. The summed E-state index contributed by atoms with van der Waals surface area (Å²) >= 11 is 12.8. The van der Waals surface area contributed by atoms with Crippen LogP contribution >= 0.6 is 35.6 Å². The van der Waals surface area contributed by atoms with Crippen LogP contribution in [0.5, 0.6) is 5.75 Å². The SMILES string of the molecule is COc1ccc(/C=C2\SC(=S)N(Cc3ccc(C)cc3)C2=O)cc1Cl. The number of halogens is 1. The van der Waals surface area contributed by atoms with Crippen molar-refractivity contribution in [3.63, 3.8) is 0 Å². The summed E-state index contributed by atoms with van der Waals surface area (Å²) in [6.07, 6.45) is 1.81. The van der Waals surface area contributed by atoms with Crippen LogP contribution in [0.25, 0.3) is 6.08 Å². The zero-order valence-corrected chi connectivity index (χ0v) is 16.2. The average molecular weight is 390 g/mol. The Morgan fingerprint density at radius 3 is 2.60 bits per heavy atom. The third-order valence-electron chi connectivity index (χ3n) is 3.81. The molecule has 1 aliphatic rings. The normalized spacial score (nSPS) is 16.0. The van der Waals surface area contributed by atoms with Crippen molar-refractivity contribution in [1.29, 1.82) is 0 Å². The van der Waals surface area contributed by atoms with Crippen LogP contribution in [0.4, 0.5) is 0 Å². The van der Waals surface area contributed by atoms with Gasteiger partial charge in [-0.1, -0.05) is 71.5 Å². The van der Waals surface area contributed by atoms with E-state index in [2.05, 4.69) is 0 Å². The number of benzene rings is 2. The lowest BCUT2D eigenvalue weighted by Crippen LogP contribution is -2.27. The van der Waals surface area contributed by atoms with Crippen molar-refractivity contribution in [2.75, 3.05) is 7.11 Å². The minimum Gasteiger partial charge on any atom is -0.495 e. The van der Waals surface area contributed by atoms with Gasteiger partial charge in [0.2, 0.25) is 0 Å². The van der Waals surface area contributed by atoms with E-state index in [-0.39, 0.29) is 5.91 Å². The molecule has 128 valence electrons. The van der Waals surface area contributed by atoms with E-state index >= 15 is 0 Å². The number of thioether (sulfide) groups is 1. The third kappa shape index (κ3) is 4.06. The van der Waals surface area contributed by atoms with Crippen molar-refractivity contribution in [3.8, 4) is 5.75 Å². The number of methoxy groups -OCH3 is 1. The summed E-state index contributed by atoms with van der Waals surface area (Å²) in [5, 5.41) is 0.506. The fourth-order valence-electron chi connectivity index (χ4n) is 2.44. The van der Waals surface area contributed by atoms with Crippen LogP contribution in [-0.2, 0) is 11.3 Å². The number of carbonyl (C=O) groups is 1. The molecular weight excluding hydrogens is 374 g/mol. The lowest BCUT2D eigenvalue weighted by atomic mass is 10.1. The first-order valence-electron chi connectivity index (χ1n) is 7.62. The van der Waals surface area contributed by atoms with Gasteiger partial charge in [-0.05, 0) is 36.3 Å². The first-order chi connectivity index (χ1) is 12.0. The van der Waals surface area contributed by atoms with Gasteiger partial charge in [0.25, 0.3) is 5.91 Å². The predicted molar refractivity (Wildman–Crippen MR) is 108 cm³/mol. The van der Waals surface area contributed by atoms with E-state index in [9.17, 15) is 4.79 Å². The highest BCUT2D eigenvalue weighted by molar-refractivity contribution is 8.26. The number of nitrogens with zero attached hydrogens (tertiary/aromatic N) is 1. The number of amides is 1. The number of thiocarbonyl (C=S) groups is 1. The maximum atomic E-state index is 12.7. The molecule has 25 heavy (non-hydrogen) atoms. The molecule has 0 spiro atoms. The van der Waals surface area contributed by atoms with Crippen LogP contribution in [-0.4, -0.2) is 22.2 Å². The number of rotatable bonds is 4. The minimum atomic E-state index is -0.0810. The van der Waals surface area contributed by atoms with Crippen LogP contribution in [0.15, 0.2) is 47.4 Å². The van der Waals surface area contributed by atoms with Crippen molar-refractivity contribution >= 4 is 51.9 Å². The van der Waals surface area contributed by atoms with Crippen molar-refractivity contribution < 1.29 is 9.53 Å². The molecule has 0 radical (unpaired) electrons. The highest BCUT2D eigenvalue weighted by Gasteiger charge is 2.31. The molecule has 2 aromatic rings. The van der Waals surface area contributed by atoms with Gasteiger partial charge in [0, 0.05) is 0 Å². The van der Waals surface area contributed by atoms with Gasteiger partial charge in [-0.2, -0.15) is 0 Å². The Bertz CT molecular complexity index is 862. The third-order valence-corrected chi connectivity index (χ3v) is 5.48. The number of aryl methyl sites for hydroxylation is 1. The van der Waals surface area contributed by atoms with Crippen LogP contribution in [0.1, 0.15) is 16.7 Å². The molecule has 2 aromatic carbocycles. The fraction of sp³-hybridized carbons (Fsp3) is 0.158. The second kappa shape index (κ2) is 7.60.